The van der Waals surface area contributed by atoms with Gasteiger partial charge in [0.1, 0.15) is 30.8 Å². The van der Waals surface area contributed by atoms with Gasteiger partial charge in [-0.1, -0.05) is 36.4 Å². The van der Waals surface area contributed by atoms with E-state index in [0.717, 1.165) is 0 Å². The van der Waals surface area contributed by atoms with Crippen molar-refractivity contribution in [2.75, 3.05) is 26.4 Å². The highest BCUT2D eigenvalue weighted by atomic mass is 16.6. The van der Waals surface area contributed by atoms with Gasteiger partial charge in [0.2, 0.25) is 5.90 Å². The van der Waals surface area contributed by atoms with Crippen molar-refractivity contribution in [1.29, 1.82) is 5.41 Å². The highest BCUT2D eigenvalue weighted by molar-refractivity contribution is 5.74. The highest BCUT2D eigenvalue weighted by Gasteiger charge is 2.11. The molecule has 2 N–H and O–H groups in total. The molecule has 0 radical (unpaired) electrons. The Kier molecular flexibility index (Phi) is 7.95. The average molecular weight is 359 g/mol. The highest BCUT2D eigenvalue weighted by Crippen LogP contribution is 2.09. The van der Waals surface area contributed by atoms with Crippen LogP contribution in [-0.2, 0) is 14.3 Å². The van der Waals surface area contributed by atoms with Crippen LogP contribution in [0.2, 0.25) is 0 Å². The van der Waals surface area contributed by atoms with Crippen molar-refractivity contribution in [3.05, 3.63) is 60.7 Å². The number of esters is 1. The first-order valence-corrected chi connectivity index (χ1v) is 8.03. The Bertz CT molecular complexity index is 617. The quantitative estimate of drug-likeness (QED) is 0.383. The maximum absolute atomic E-state index is 11.6. The van der Waals surface area contributed by atoms with Crippen molar-refractivity contribution in [3.63, 3.8) is 0 Å². The van der Waals surface area contributed by atoms with Crippen LogP contribution in [0, 0.1) is 5.41 Å². The Morgan fingerprint density at radius 2 is 1.35 bits per heavy atom. The maximum Gasteiger partial charge on any atom is 0.344 e. The minimum absolute atomic E-state index is 0.0541. The van der Waals surface area contributed by atoms with Gasteiger partial charge in [-0.05, 0) is 24.3 Å². The minimum Gasteiger partial charge on any atom is -0.484 e. The van der Waals surface area contributed by atoms with E-state index in [-0.39, 0.29) is 32.3 Å². The molecule has 0 aliphatic rings. The smallest absolute Gasteiger partial charge is 0.344 e. The summed E-state index contributed by atoms with van der Waals surface area (Å²) in [4.78, 5) is 11.6. The van der Waals surface area contributed by atoms with E-state index in [0.29, 0.717) is 11.5 Å². The van der Waals surface area contributed by atoms with E-state index in [1.54, 1.807) is 36.4 Å². The van der Waals surface area contributed by atoms with E-state index in [2.05, 4.69) is 0 Å². The lowest BCUT2D eigenvalue weighted by Gasteiger charge is -2.14. The van der Waals surface area contributed by atoms with Gasteiger partial charge in [0.25, 0.3) is 0 Å². The van der Waals surface area contributed by atoms with Gasteiger partial charge in [-0.15, -0.1) is 0 Å². The fourth-order valence-electron chi connectivity index (χ4n) is 1.84. The SMILES string of the molecule is N=C(COc1ccccc1)OCC(O)COC(=O)COc1ccccc1. The molecule has 2 aromatic carbocycles. The van der Waals surface area contributed by atoms with Crippen LogP contribution in [-0.4, -0.2) is 49.5 Å². The third-order valence-electron chi connectivity index (χ3n) is 3.10. The van der Waals surface area contributed by atoms with E-state index >= 15 is 0 Å². The van der Waals surface area contributed by atoms with Gasteiger partial charge in [0, 0.05) is 0 Å². The summed E-state index contributed by atoms with van der Waals surface area (Å²) in [5, 5.41) is 17.4. The van der Waals surface area contributed by atoms with Crippen molar-refractivity contribution in [2.24, 2.45) is 0 Å². The van der Waals surface area contributed by atoms with E-state index in [1.165, 1.54) is 0 Å². The number of nitrogens with one attached hydrogen (secondary N) is 1. The summed E-state index contributed by atoms with van der Waals surface area (Å²) >= 11 is 0. The third-order valence-corrected chi connectivity index (χ3v) is 3.10. The molecule has 1 unspecified atom stereocenters. The van der Waals surface area contributed by atoms with Crippen LogP contribution in [0.5, 0.6) is 11.5 Å². The standard InChI is InChI=1S/C19H21NO6/c20-18(13-23-16-7-3-1-4-8-16)25-11-15(21)12-26-19(22)14-24-17-9-5-2-6-10-17/h1-10,15,20-21H,11-14H2. The Morgan fingerprint density at radius 1 is 0.846 bits per heavy atom. The molecule has 26 heavy (non-hydrogen) atoms. The Balaban J connectivity index is 1.55. The lowest BCUT2D eigenvalue weighted by molar-refractivity contribution is -0.149. The molecule has 0 saturated heterocycles. The van der Waals surface area contributed by atoms with Gasteiger partial charge < -0.3 is 24.1 Å². The number of hydrogen-bond donors (Lipinski definition) is 2. The van der Waals surface area contributed by atoms with Gasteiger partial charge >= 0.3 is 5.97 Å². The molecule has 7 heteroatoms. The predicted octanol–water partition coefficient (Wildman–Crippen LogP) is 2.04. The maximum atomic E-state index is 11.6. The Morgan fingerprint density at radius 3 is 1.92 bits per heavy atom. The zero-order valence-corrected chi connectivity index (χ0v) is 14.2. The second kappa shape index (κ2) is 10.7. The molecule has 0 aliphatic carbocycles. The van der Waals surface area contributed by atoms with E-state index in [9.17, 15) is 9.90 Å². The van der Waals surface area contributed by atoms with Crippen LogP contribution in [0.4, 0.5) is 0 Å². The van der Waals surface area contributed by atoms with Crippen LogP contribution in [0.25, 0.3) is 0 Å². The third kappa shape index (κ3) is 7.67. The second-order valence-corrected chi connectivity index (χ2v) is 5.27. The normalized spacial score (nSPS) is 11.3. The molecule has 0 heterocycles. The van der Waals surface area contributed by atoms with Crippen molar-refractivity contribution < 1.29 is 28.8 Å². The van der Waals surface area contributed by atoms with E-state index in [4.69, 9.17) is 24.4 Å². The number of para-hydroxylation sites is 2. The van der Waals surface area contributed by atoms with Crippen molar-refractivity contribution in [2.45, 2.75) is 6.10 Å². The zero-order chi connectivity index (χ0) is 18.6. The lowest BCUT2D eigenvalue weighted by atomic mass is 10.3. The zero-order valence-electron chi connectivity index (χ0n) is 14.2. The summed E-state index contributed by atoms with van der Waals surface area (Å²) in [7, 11) is 0. The Labute approximate surface area is 151 Å². The number of benzene rings is 2. The fourth-order valence-corrected chi connectivity index (χ4v) is 1.84. The second-order valence-electron chi connectivity index (χ2n) is 5.27. The minimum atomic E-state index is -1.05. The van der Waals surface area contributed by atoms with Crippen LogP contribution in [0.3, 0.4) is 0 Å². The van der Waals surface area contributed by atoms with Crippen molar-refractivity contribution in [3.8, 4) is 11.5 Å². The molecule has 2 aromatic rings. The molecule has 0 amide bonds. The molecule has 0 aromatic heterocycles. The van der Waals surface area contributed by atoms with Gasteiger partial charge in [0.05, 0.1) is 0 Å². The van der Waals surface area contributed by atoms with Crippen LogP contribution < -0.4 is 9.47 Å². The largest absolute Gasteiger partial charge is 0.484 e. The molecular weight excluding hydrogens is 338 g/mol. The molecule has 1 atom stereocenters. The Hall–Kier alpha value is -3.06. The number of carbonyl (C=O) groups excluding carboxylic acids is 1. The monoisotopic (exact) mass is 359 g/mol. The van der Waals surface area contributed by atoms with Gasteiger partial charge in [-0.2, -0.15) is 0 Å². The van der Waals surface area contributed by atoms with Crippen LogP contribution in [0.1, 0.15) is 0 Å². The number of rotatable bonds is 10. The van der Waals surface area contributed by atoms with Crippen LogP contribution >= 0.6 is 0 Å². The average Bonchev–Trinajstić information content (AvgIpc) is 2.69. The summed E-state index contributed by atoms with van der Waals surface area (Å²) < 4.78 is 20.5. The summed E-state index contributed by atoms with van der Waals surface area (Å²) in [6, 6.07) is 17.9. The molecule has 0 spiro atoms. The fraction of sp³-hybridized carbons (Fsp3) is 0.263. The van der Waals surface area contributed by atoms with Crippen molar-refractivity contribution >= 4 is 11.9 Å². The number of carbonyl (C=O) groups is 1. The van der Waals surface area contributed by atoms with E-state index in [1.807, 2.05) is 24.3 Å². The topological polar surface area (TPSA) is 98.1 Å². The van der Waals surface area contributed by atoms with Crippen LogP contribution in [0.15, 0.2) is 60.7 Å². The summed E-state index contributed by atoms with van der Waals surface area (Å²) in [5.41, 5.74) is 0. The number of hydrogen-bond acceptors (Lipinski definition) is 7. The first kappa shape index (κ1) is 19.3. The van der Waals surface area contributed by atoms with E-state index < -0.39 is 12.1 Å². The van der Waals surface area contributed by atoms with Gasteiger partial charge in [-0.3, -0.25) is 5.41 Å². The van der Waals surface area contributed by atoms with Gasteiger partial charge in [0.15, 0.2) is 13.2 Å². The van der Waals surface area contributed by atoms with Crippen molar-refractivity contribution in [1.82, 2.24) is 0 Å². The summed E-state index contributed by atoms with van der Waals surface area (Å²) in [6.45, 7) is -0.729. The molecule has 0 fully saturated rings. The number of aliphatic hydroxyl groups excluding tert-OH is 1. The molecule has 7 nitrogen and oxygen atoms in total. The molecular formula is C19H21NO6. The first-order valence-electron chi connectivity index (χ1n) is 8.03. The number of ether oxygens (including phenoxy) is 4. The van der Waals surface area contributed by atoms with Gasteiger partial charge in [-0.25, -0.2) is 4.79 Å². The summed E-state index contributed by atoms with van der Waals surface area (Å²) in [6.07, 6.45) is -1.05. The lowest BCUT2D eigenvalue weighted by Crippen LogP contribution is -2.28. The molecule has 0 bridgehead atoms. The molecule has 0 aliphatic heterocycles. The molecule has 0 saturated carbocycles. The molecule has 138 valence electrons. The summed E-state index contributed by atoms with van der Waals surface area (Å²) in [5.74, 6) is 0.441. The first-order chi connectivity index (χ1) is 12.6. The number of aliphatic hydroxyl groups is 1. The molecule has 2 rings (SSSR count). The predicted molar refractivity (Wildman–Crippen MR) is 94.5 cm³/mol.